The summed E-state index contributed by atoms with van der Waals surface area (Å²) >= 11 is 0. The number of carbonyl (C=O) groups excluding carboxylic acids is 1. The Kier molecular flexibility index (Phi) is 6.44. The number of nitrogens with zero attached hydrogens (tertiary/aromatic N) is 3. The molecule has 2 heterocycles. The van der Waals surface area contributed by atoms with E-state index in [0.717, 1.165) is 48.9 Å². The van der Waals surface area contributed by atoms with E-state index in [-0.39, 0.29) is 8.90 Å². The van der Waals surface area contributed by atoms with E-state index < -0.39 is 21.7 Å². The summed E-state index contributed by atoms with van der Waals surface area (Å²) in [5, 5.41) is 8.68. The van der Waals surface area contributed by atoms with E-state index in [9.17, 15) is 13.2 Å². The molecule has 34 heavy (non-hydrogen) atoms. The van der Waals surface area contributed by atoms with E-state index in [0.29, 0.717) is 11.2 Å². The Bertz CT molecular complexity index is 1290. The molecule has 2 N–H and O–H groups in total. The number of benzene rings is 2. The Labute approximate surface area is 203 Å². The lowest BCUT2D eigenvalue weighted by molar-refractivity contribution is 0.0522. The summed E-state index contributed by atoms with van der Waals surface area (Å²) in [5.41, 5.74) is 2.69. The molecule has 9 nitrogen and oxygen atoms in total. The standard InChI is InChI=1S/C24H31N5O4S.2H2/c1-24(2,3)33-23(30)29-22-12-9-19(14-17(22)15-25-29)26-20-6-5-13-28(16-20)21-10-7-18(8-11-21)27-34(4,31)32;;/h7-12,14-15,20,26-27H,5-6,13,16H2,1-4H3;2*1H. The van der Waals surface area contributed by atoms with E-state index >= 15 is 0 Å². The highest BCUT2D eigenvalue weighted by Gasteiger charge is 2.22. The number of hydrogen-bond acceptors (Lipinski definition) is 7. The predicted octanol–water partition coefficient (Wildman–Crippen LogP) is 4.76. The van der Waals surface area contributed by atoms with Crippen LogP contribution in [0, 0.1) is 0 Å². The molecule has 0 spiro atoms. The molecule has 1 unspecified atom stereocenters. The molecule has 186 valence electrons. The molecule has 4 rings (SSSR count). The highest BCUT2D eigenvalue weighted by atomic mass is 32.2. The second-order valence-corrected chi connectivity index (χ2v) is 11.4. The third-order valence-corrected chi connectivity index (χ3v) is 6.07. The van der Waals surface area contributed by atoms with Crippen molar-refractivity contribution in [3.63, 3.8) is 0 Å². The topological polar surface area (TPSA) is 106 Å². The number of ether oxygens (including phenoxy) is 1. The van der Waals surface area contributed by atoms with Crippen molar-refractivity contribution >= 4 is 44.1 Å². The van der Waals surface area contributed by atoms with Gasteiger partial charge in [0.25, 0.3) is 0 Å². The lowest BCUT2D eigenvalue weighted by atomic mass is 10.0. The van der Waals surface area contributed by atoms with Gasteiger partial charge in [-0.3, -0.25) is 4.72 Å². The zero-order chi connectivity index (χ0) is 24.5. The molecular weight excluding hydrogens is 454 g/mol. The molecule has 0 saturated carbocycles. The molecule has 0 amide bonds. The predicted molar refractivity (Wildman–Crippen MR) is 139 cm³/mol. The molecule has 1 saturated heterocycles. The Hall–Kier alpha value is -3.27. The van der Waals surface area contributed by atoms with Crippen LogP contribution in [-0.4, -0.2) is 55.3 Å². The zero-order valence-corrected chi connectivity index (χ0v) is 20.7. The third kappa shape index (κ3) is 5.99. The summed E-state index contributed by atoms with van der Waals surface area (Å²) in [6.07, 6.45) is 4.40. The van der Waals surface area contributed by atoms with Crippen molar-refractivity contribution in [1.82, 2.24) is 9.78 Å². The molecule has 0 radical (unpaired) electrons. The quantitative estimate of drug-likeness (QED) is 0.532. The number of carbonyl (C=O) groups is 1. The van der Waals surface area contributed by atoms with Gasteiger partial charge in [0.05, 0.1) is 18.0 Å². The Morgan fingerprint density at radius 1 is 1.15 bits per heavy atom. The van der Waals surface area contributed by atoms with Crippen LogP contribution in [0.15, 0.2) is 48.7 Å². The van der Waals surface area contributed by atoms with Gasteiger partial charge < -0.3 is 15.0 Å². The Balaban J connectivity index is 0.00000228. The first-order chi connectivity index (χ1) is 16.0. The van der Waals surface area contributed by atoms with Crippen molar-refractivity contribution in [2.75, 3.05) is 34.3 Å². The van der Waals surface area contributed by atoms with Crippen LogP contribution in [0.25, 0.3) is 10.9 Å². The van der Waals surface area contributed by atoms with Crippen molar-refractivity contribution in [1.29, 1.82) is 0 Å². The van der Waals surface area contributed by atoms with Gasteiger partial charge in [0.1, 0.15) is 5.60 Å². The van der Waals surface area contributed by atoms with Crippen molar-refractivity contribution in [2.45, 2.75) is 45.3 Å². The van der Waals surface area contributed by atoms with Crippen LogP contribution in [0.5, 0.6) is 0 Å². The highest BCUT2D eigenvalue weighted by Crippen LogP contribution is 2.26. The average Bonchev–Trinajstić information content (AvgIpc) is 3.16. The number of piperidine rings is 1. The minimum absolute atomic E-state index is 0. The number of hydrogen-bond donors (Lipinski definition) is 2. The maximum atomic E-state index is 12.4. The van der Waals surface area contributed by atoms with Gasteiger partial charge in [-0.1, -0.05) is 0 Å². The van der Waals surface area contributed by atoms with E-state index in [2.05, 4.69) is 20.0 Å². The number of aromatic nitrogens is 2. The summed E-state index contributed by atoms with van der Waals surface area (Å²) in [4.78, 5) is 14.7. The summed E-state index contributed by atoms with van der Waals surface area (Å²) in [5.74, 6) is 0. The van der Waals surface area contributed by atoms with Crippen LogP contribution in [0.2, 0.25) is 0 Å². The zero-order valence-electron chi connectivity index (χ0n) is 19.9. The highest BCUT2D eigenvalue weighted by molar-refractivity contribution is 7.92. The smallest absolute Gasteiger partial charge is 0.435 e. The largest absolute Gasteiger partial charge is 0.442 e. The molecule has 10 heteroatoms. The van der Waals surface area contributed by atoms with E-state index in [1.807, 2.05) is 51.1 Å². The van der Waals surface area contributed by atoms with Crippen LogP contribution in [-0.2, 0) is 14.8 Å². The van der Waals surface area contributed by atoms with Crippen molar-refractivity contribution in [3.05, 3.63) is 48.7 Å². The molecule has 0 bridgehead atoms. The molecule has 0 aliphatic carbocycles. The maximum Gasteiger partial charge on any atom is 0.435 e. The summed E-state index contributed by atoms with van der Waals surface area (Å²) in [7, 11) is -3.29. The van der Waals surface area contributed by atoms with Gasteiger partial charge in [-0.2, -0.15) is 9.78 Å². The molecule has 1 aliphatic heterocycles. The lowest BCUT2D eigenvalue weighted by Crippen LogP contribution is -2.42. The number of rotatable bonds is 5. The number of sulfonamides is 1. The molecular formula is C24H35N5O4S. The number of anilines is 3. The van der Waals surface area contributed by atoms with Gasteiger partial charge in [-0.05, 0) is 76.1 Å². The van der Waals surface area contributed by atoms with Gasteiger partial charge in [0.15, 0.2) is 0 Å². The normalized spacial score (nSPS) is 16.9. The fourth-order valence-electron chi connectivity index (χ4n) is 4.09. The van der Waals surface area contributed by atoms with Crippen LogP contribution in [0.1, 0.15) is 36.5 Å². The monoisotopic (exact) mass is 489 g/mol. The maximum absolute atomic E-state index is 12.4. The van der Waals surface area contributed by atoms with Gasteiger partial charge in [-0.15, -0.1) is 0 Å². The first-order valence-corrected chi connectivity index (χ1v) is 13.2. The van der Waals surface area contributed by atoms with Gasteiger partial charge >= 0.3 is 6.09 Å². The van der Waals surface area contributed by atoms with Crippen LogP contribution in [0.3, 0.4) is 0 Å². The van der Waals surface area contributed by atoms with Crippen molar-refractivity contribution < 1.29 is 20.8 Å². The fourth-order valence-corrected chi connectivity index (χ4v) is 4.66. The van der Waals surface area contributed by atoms with Crippen LogP contribution in [0.4, 0.5) is 21.9 Å². The fraction of sp³-hybridized carbons (Fsp3) is 0.417. The van der Waals surface area contributed by atoms with Crippen molar-refractivity contribution in [2.24, 2.45) is 0 Å². The molecule has 3 aromatic rings. The van der Waals surface area contributed by atoms with Gasteiger partial charge in [0.2, 0.25) is 10.0 Å². The second kappa shape index (κ2) is 9.17. The van der Waals surface area contributed by atoms with Crippen LogP contribution >= 0.6 is 0 Å². The van der Waals surface area contributed by atoms with E-state index in [1.165, 1.54) is 4.68 Å². The average molecular weight is 490 g/mol. The Morgan fingerprint density at radius 3 is 2.53 bits per heavy atom. The number of fused-ring (bicyclic) bond motifs is 1. The first-order valence-electron chi connectivity index (χ1n) is 11.3. The van der Waals surface area contributed by atoms with Gasteiger partial charge in [-0.25, -0.2) is 13.2 Å². The van der Waals surface area contributed by atoms with E-state index in [1.54, 1.807) is 18.3 Å². The molecule has 1 atom stereocenters. The van der Waals surface area contributed by atoms with E-state index in [4.69, 9.17) is 4.74 Å². The first kappa shape index (κ1) is 23.9. The van der Waals surface area contributed by atoms with Crippen molar-refractivity contribution in [3.8, 4) is 0 Å². The minimum atomic E-state index is -3.29. The molecule has 1 fully saturated rings. The molecule has 2 aromatic carbocycles. The summed E-state index contributed by atoms with van der Waals surface area (Å²) < 4.78 is 32.0. The SMILES string of the molecule is CC(C)(C)OC(=O)n1ncc2cc(NC3CCCN(c4ccc(NS(C)(=O)=O)cc4)C3)ccc21.[HH].[HH]. The van der Waals surface area contributed by atoms with Crippen LogP contribution < -0.4 is 14.9 Å². The third-order valence-electron chi connectivity index (χ3n) is 5.46. The Morgan fingerprint density at radius 2 is 1.85 bits per heavy atom. The molecule has 1 aromatic heterocycles. The second-order valence-electron chi connectivity index (χ2n) is 9.66. The summed E-state index contributed by atoms with van der Waals surface area (Å²) in [6.45, 7) is 7.25. The molecule has 1 aliphatic rings. The lowest BCUT2D eigenvalue weighted by Gasteiger charge is -2.35. The minimum Gasteiger partial charge on any atom is -0.442 e. The van der Waals surface area contributed by atoms with Gasteiger partial charge in [0, 0.05) is 44.4 Å². The summed E-state index contributed by atoms with van der Waals surface area (Å²) in [6, 6.07) is 13.5. The number of nitrogens with one attached hydrogen (secondary N) is 2.